The zero-order valence-corrected chi connectivity index (χ0v) is 17.3. The molecule has 1 saturated heterocycles. The van der Waals surface area contributed by atoms with Crippen molar-refractivity contribution in [3.05, 3.63) is 53.8 Å². The van der Waals surface area contributed by atoms with Crippen molar-refractivity contribution in [1.82, 2.24) is 4.31 Å². The maximum atomic E-state index is 13.4. The van der Waals surface area contributed by atoms with Crippen LogP contribution in [0.25, 0.3) is 0 Å². The number of halogens is 1. The Morgan fingerprint density at radius 2 is 1.82 bits per heavy atom. The molecule has 6 nitrogen and oxygen atoms in total. The molecule has 28 heavy (non-hydrogen) atoms. The van der Waals surface area contributed by atoms with Crippen molar-refractivity contribution >= 4 is 19.9 Å². The Labute approximate surface area is 164 Å². The van der Waals surface area contributed by atoms with Crippen LogP contribution in [0.3, 0.4) is 0 Å². The minimum Gasteiger partial charge on any atom is -0.496 e. The van der Waals surface area contributed by atoms with Gasteiger partial charge >= 0.3 is 0 Å². The van der Waals surface area contributed by atoms with E-state index in [4.69, 9.17) is 4.74 Å². The third-order valence-corrected chi connectivity index (χ3v) is 8.57. The highest BCUT2D eigenvalue weighted by atomic mass is 32.2. The number of sulfone groups is 1. The van der Waals surface area contributed by atoms with E-state index >= 15 is 0 Å². The van der Waals surface area contributed by atoms with Gasteiger partial charge in [0.1, 0.15) is 11.6 Å². The van der Waals surface area contributed by atoms with Gasteiger partial charge in [-0.3, -0.25) is 0 Å². The molecule has 1 unspecified atom stereocenters. The molecule has 0 aromatic heterocycles. The first-order chi connectivity index (χ1) is 13.2. The van der Waals surface area contributed by atoms with E-state index < -0.39 is 25.7 Å². The lowest BCUT2D eigenvalue weighted by molar-refractivity contribution is 0.403. The molecule has 0 saturated carbocycles. The van der Waals surface area contributed by atoms with Gasteiger partial charge in [-0.05, 0) is 49.2 Å². The van der Waals surface area contributed by atoms with Crippen molar-refractivity contribution in [1.29, 1.82) is 0 Å². The Morgan fingerprint density at radius 3 is 2.46 bits per heavy atom. The van der Waals surface area contributed by atoms with Crippen LogP contribution >= 0.6 is 0 Å². The largest absolute Gasteiger partial charge is 0.496 e. The predicted octanol–water partition coefficient (Wildman–Crippen LogP) is 2.81. The van der Waals surface area contributed by atoms with E-state index in [0.717, 1.165) is 11.6 Å². The molecular weight excluding hydrogens is 405 g/mol. The van der Waals surface area contributed by atoms with E-state index in [-0.39, 0.29) is 21.5 Å². The van der Waals surface area contributed by atoms with E-state index in [1.165, 1.54) is 41.7 Å². The Balaban J connectivity index is 1.94. The quantitative estimate of drug-likeness (QED) is 0.708. The molecule has 0 spiro atoms. The number of ether oxygens (including phenoxy) is 1. The van der Waals surface area contributed by atoms with E-state index in [0.29, 0.717) is 25.3 Å². The van der Waals surface area contributed by atoms with Crippen LogP contribution in [0.4, 0.5) is 4.39 Å². The second kappa shape index (κ2) is 7.81. The molecular formula is C19H22FNO5S2. The van der Waals surface area contributed by atoms with E-state index in [1.54, 1.807) is 13.0 Å². The van der Waals surface area contributed by atoms with Gasteiger partial charge < -0.3 is 4.74 Å². The van der Waals surface area contributed by atoms with Gasteiger partial charge in [0.25, 0.3) is 0 Å². The molecule has 1 fully saturated rings. The van der Waals surface area contributed by atoms with Crippen molar-refractivity contribution in [2.75, 3.05) is 26.0 Å². The Hall–Kier alpha value is -1.97. The van der Waals surface area contributed by atoms with Gasteiger partial charge in [-0.15, -0.1) is 0 Å². The third-order valence-electron chi connectivity index (χ3n) is 4.97. The second-order valence-corrected chi connectivity index (χ2v) is 10.8. The molecule has 0 aliphatic carbocycles. The molecule has 3 rings (SSSR count). The highest BCUT2D eigenvalue weighted by molar-refractivity contribution is 7.91. The summed E-state index contributed by atoms with van der Waals surface area (Å²) in [5, 5.41) is 0. The number of methoxy groups -OCH3 is 1. The summed E-state index contributed by atoms with van der Waals surface area (Å²) < 4.78 is 70.1. The number of hydrogen-bond donors (Lipinski definition) is 0. The van der Waals surface area contributed by atoms with Crippen LogP contribution < -0.4 is 4.74 Å². The van der Waals surface area contributed by atoms with Crippen LogP contribution in [-0.2, 0) is 19.9 Å². The summed E-state index contributed by atoms with van der Waals surface area (Å²) >= 11 is 0. The average molecular weight is 428 g/mol. The molecule has 9 heteroatoms. The topological polar surface area (TPSA) is 80.8 Å². The number of benzene rings is 2. The Kier molecular flexibility index (Phi) is 5.79. The fraction of sp³-hybridized carbons (Fsp3) is 0.368. The summed E-state index contributed by atoms with van der Waals surface area (Å²) in [6.07, 6.45) is 0.631. The highest BCUT2D eigenvalue weighted by Gasteiger charge is 2.33. The fourth-order valence-corrected chi connectivity index (χ4v) is 5.85. The lowest BCUT2D eigenvalue weighted by Gasteiger charge is -2.18. The summed E-state index contributed by atoms with van der Waals surface area (Å²) in [6.45, 7) is 2.37. The maximum Gasteiger partial charge on any atom is 0.213 e. The number of rotatable bonds is 6. The summed E-state index contributed by atoms with van der Waals surface area (Å²) in [4.78, 5) is -0.141. The molecule has 1 heterocycles. The highest BCUT2D eigenvalue weighted by Crippen LogP contribution is 2.36. The van der Waals surface area contributed by atoms with Crippen molar-refractivity contribution in [3.63, 3.8) is 0 Å². The molecule has 0 N–H and O–H groups in total. The summed E-state index contributed by atoms with van der Waals surface area (Å²) in [7, 11) is -5.73. The van der Waals surface area contributed by atoms with Crippen LogP contribution in [0.5, 0.6) is 5.75 Å². The molecule has 1 aliphatic heterocycles. The van der Waals surface area contributed by atoms with Gasteiger partial charge in [0, 0.05) is 19.0 Å². The minimum absolute atomic E-state index is 0.00488. The molecule has 1 aliphatic rings. The van der Waals surface area contributed by atoms with Crippen LogP contribution in [0.1, 0.15) is 24.8 Å². The number of sulfonamides is 1. The fourth-order valence-electron chi connectivity index (χ4n) is 3.38. The second-order valence-electron chi connectivity index (χ2n) is 6.61. The SMILES string of the molecule is CCS(=O)(=O)N1CCC(c2ccc(S(=O)(=O)c3cccc(F)c3)cc2OC)C1. The van der Waals surface area contributed by atoms with Gasteiger partial charge in [-0.1, -0.05) is 12.1 Å². The van der Waals surface area contributed by atoms with Gasteiger partial charge in [-0.2, -0.15) is 0 Å². The Bertz CT molecular complexity index is 1080. The van der Waals surface area contributed by atoms with Crippen molar-refractivity contribution < 1.29 is 26.0 Å². The zero-order chi connectivity index (χ0) is 20.5. The molecule has 1 atom stereocenters. The first-order valence-electron chi connectivity index (χ1n) is 8.85. The van der Waals surface area contributed by atoms with E-state index in [9.17, 15) is 21.2 Å². The van der Waals surface area contributed by atoms with Gasteiger partial charge in [-0.25, -0.2) is 25.5 Å². The summed E-state index contributed by atoms with van der Waals surface area (Å²) in [6, 6.07) is 9.34. The van der Waals surface area contributed by atoms with Gasteiger partial charge in [0.15, 0.2) is 0 Å². The van der Waals surface area contributed by atoms with Crippen LogP contribution in [0.15, 0.2) is 52.3 Å². The van der Waals surface area contributed by atoms with E-state index in [1.807, 2.05) is 0 Å². The van der Waals surface area contributed by atoms with Crippen molar-refractivity contribution in [2.45, 2.75) is 29.1 Å². The van der Waals surface area contributed by atoms with Crippen LogP contribution in [0.2, 0.25) is 0 Å². The molecule has 2 aromatic rings. The maximum absolute atomic E-state index is 13.4. The van der Waals surface area contributed by atoms with Crippen LogP contribution in [-0.4, -0.2) is 47.1 Å². The standard InChI is InChI=1S/C19H22FNO5S2/c1-3-27(22,23)21-10-9-14(13-21)18-8-7-17(12-19(18)26-2)28(24,25)16-6-4-5-15(20)11-16/h4-8,11-12,14H,3,9-10,13H2,1-2H3. The van der Waals surface area contributed by atoms with Crippen molar-refractivity contribution in [2.24, 2.45) is 0 Å². The molecule has 0 amide bonds. The summed E-state index contributed by atoms with van der Waals surface area (Å²) in [5.74, 6) is -0.296. The zero-order valence-electron chi connectivity index (χ0n) is 15.6. The van der Waals surface area contributed by atoms with Gasteiger partial charge in [0.05, 0.1) is 22.7 Å². The normalized spacial score (nSPS) is 18.3. The van der Waals surface area contributed by atoms with Gasteiger partial charge in [0.2, 0.25) is 19.9 Å². The lowest BCUT2D eigenvalue weighted by atomic mass is 9.97. The molecule has 2 aromatic carbocycles. The monoisotopic (exact) mass is 427 g/mol. The number of nitrogens with zero attached hydrogens (tertiary/aromatic N) is 1. The third kappa shape index (κ3) is 3.92. The minimum atomic E-state index is -3.90. The average Bonchev–Trinajstić information content (AvgIpc) is 3.18. The molecule has 152 valence electrons. The first-order valence-corrected chi connectivity index (χ1v) is 11.9. The molecule has 0 radical (unpaired) electrons. The number of hydrogen-bond acceptors (Lipinski definition) is 5. The Morgan fingerprint density at radius 1 is 1.11 bits per heavy atom. The van der Waals surface area contributed by atoms with Crippen molar-refractivity contribution in [3.8, 4) is 5.75 Å². The molecule has 0 bridgehead atoms. The lowest BCUT2D eigenvalue weighted by Crippen LogP contribution is -2.29. The van der Waals surface area contributed by atoms with Crippen LogP contribution in [0, 0.1) is 5.82 Å². The first kappa shape index (κ1) is 20.8. The van der Waals surface area contributed by atoms with E-state index in [2.05, 4.69) is 0 Å². The summed E-state index contributed by atoms with van der Waals surface area (Å²) in [5.41, 5.74) is 0.759. The smallest absolute Gasteiger partial charge is 0.213 e. The predicted molar refractivity (Wildman–Crippen MR) is 103 cm³/mol.